The van der Waals surface area contributed by atoms with Crippen LogP contribution in [0.3, 0.4) is 0 Å². The monoisotopic (exact) mass is 346 g/mol. The molecule has 1 saturated carbocycles. The molecule has 3 N–H and O–H groups in total. The number of hydrogen-bond donors (Lipinski definition) is 2. The van der Waals surface area contributed by atoms with Crippen LogP contribution in [0.4, 0.5) is 0 Å². The number of rotatable bonds is 4. The molecule has 1 amide bonds. The van der Waals surface area contributed by atoms with Gasteiger partial charge in [0.2, 0.25) is 5.91 Å². The van der Waals surface area contributed by atoms with Crippen molar-refractivity contribution in [2.75, 3.05) is 0 Å². The van der Waals surface area contributed by atoms with Crippen molar-refractivity contribution in [3.8, 4) is 0 Å². The topological polar surface area (TPSA) is 55.1 Å². The van der Waals surface area contributed by atoms with Crippen LogP contribution in [-0.2, 0) is 11.2 Å². The fraction of sp³-hybridized carbons (Fsp3) is 0.500. The van der Waals surface area contributed by atoms with Crippen LogP contribution in [0.25, 0.3) is 0 Å². The van der Waals surface area contributed by atoms with Crippen molar-refractivity contribution in [3.63, 3.8) is 0 Å². The number of carbonyl (C=O) groups excluding carboxylic acids is 1. The Balaban J connectivity index is 0.00000180. The molecule has 5 heteroatoms. The average Bonchev–Trinajstić information content (AvgIpc) is 2.29. The molecular formula is C14H20BrClN2O. The van der Waals surface area contributed by atoms with Crippen molar-refractivity contribution in [3.05, 3.63) is 34.3 Å². The van der Waals surface area contributed by atoms with E-state index in [1.807, 2.05) is 19.1 Å². The normalized spacial score (nSPS) is 17.8. The number of hydrogen-bond acceptors (Lipinski definition) is 2. The van der Waals surface area contributed by atoms with Crippen LogP contribution in [0.1, 0.15) is 31.7 Å². The number of nitrogens with two attached hydrogens (primary N) is 1. The Labute approximate surface area is 128 Å². The molecule has 0 saturated heterocycles. The van der Waals surface area contributed by atoms with Gasteiger partial charge in [-0.3, -0.25) is 4.79 Å². The van der Waals surface area contributed by atoms with Gasteiger partial charge >= 0.3 is 0 Å². The van der Waals surface area contributed by atoms with Gasteiger partial charge in [0.1, 0.15) is 0 Å². The van der Waals surface area contributed by atoms with E-state index in [2.05, 4.69) is 33.4 Å². The molecule has 0 spiro atoms. The quantitative estimate of drug-likeness (QED) is 0.880. The first-order valence-corrected chi connectivity index (χ1v) is 7.13. The summed E-state index contributed by atoms with van der Waals surface area (Å²) in [6.07, 6.45) is 3.51. The van der Waals surface area contributed by atoms with Gasteiger partial charge in [-0.1, -0.05) is 28.1 Å². The molecular weight excluding hydrogens is 328 g/mol. The lowest BCUT2D eigenvalue weighted by molar-refractivity contribution is -0.129. The summed E-state index contributed by atoms with van der Waals surface area (Å²) in [5.41, 5.74) is 6.60. The van der Waals surface area contributed by atoms with Gasteiger partial charge in [0.25, 0.3) is 0 Å². The molecule has 1 aromatic carbocycles. The van der Waals surface area contributed by atoms with Crippen LogP contribution in [0.15, 0.2) is 28.7 Å². The number of benzene rings is 1. The first-order chi connectivity index (χ1) is 8.49. The lowest BCUT2D eigenvalue weighted by Gasteiger charge is -2.37. The molecule has 1 aliphatic rings. The minimum Gasteiger partial charge on any atom is -0.352 e. The van der Waals surface area contributed by atoms with E-state index in [9.17, 15) is 4.79 Å². The summed E-state index contributed by atoms with van der Waals surface area (Å²) in [6.45, 7) is 2.02. The predicted octanol–water partition coefficient (Wildman–Crippen LogP) is 2.80. The maximum absolute atomic E-state index is 12.0. The summed E-state index contributed by atoms with van der Waals surface area (Å²) in [4.78, 5) is 12.0. The molecule has 106 valence electrons. The summed E-state index contributed by atoms with van der Waals surface area (Å²) in [6, 6.07) is 8.27. The molecule has 1 aliphatic carbocycles. The molecule has 1 aromatic rings. The zero-order valence-corrected chi connectivity index (χ0v) is 13.4. The Morgan fingerprint density at radius 3 is 2.47 bits per heavy atom. The van der Waals surface area contributed by atoms with E-state index in [0.717, 1.165) is 30.2 Å². The van der Waals surface area contributed by atoms with Gasteiger partial charge in [-0.05, 0) is 50.3 Å². The van der Waals surface area contributed by atoms with E-state index < -0.39 is 5.54 Å². The van der Waals surface area contributed by atoms with Crippen LogP contribution < -0.4 is 11.1 Å². The largest absolute Gasteiger partial charge is 0.352 e. The third-order valence-corrected chi connectivity index (χ3v) is 4.06. The van der Waals surface area contributed by atoms with Crippen LogP contribution in [0.5, 0.6) is 0 Å². The Morgan fingerprint density at radius 1 is 1.42 bits per heavy atom. The SMILES string of the molecule is CC(Cc1ccc(Br)cc1)NC(=O)C1(N)CCC1.Cl. The Bertz CT molecular complexity index is 432. The first-order valence-electron chi connectivity index (χ1n) is 6.34. The molecule has 0 heterocycles. The summed E-state index contributed by atoms with van der Waals surface area (Å²) in [5.74, 6) is -0.00152. The molecule has 2 rings (SSSR count). The van der Waals surface area contributed by atoms with E-state index in [0.29, 0.717) is 0 Å². The number of halogens is 2. The van der Waals surface area contributed by atoms with Gasteiger partial charge in [-0.15, -0.1) is 12.4 Å². The van der Waals surface area contributed by atoms with Gasteiger partial charge in [0.05, 0.1) is 5.54 Å². The Morgan fingerprint density at radius 2 is 2.00 bits per heavy atom. The Kier molecular flexibility index (Phi) is 5.83. The molecule has 1 atom stereocenters. The number of amides is 1. The van der Waals surface area contributed by atoms with E-state index in [-0.39, 0.29) is 24.4 Å². The first kappa shape index (κ1) is 16.5. The number of nitrogens with one attached hydrogen (secondary N) is 1. The highest BCUT2D eigenvalue weighted by molar-refractivity contribution is 9.10. The lowest BCUT2D eigenvalue weighted by atomic mass is 9.77. The second kappa shape index (κ2) is 6.73. The van der Waals surface area contributed by atoms with E-state index in [1.165, 1.54) is 5.56 Å². The molecule has 0 radical (unpaired) electrons. The summed E-state index contributed by atoms with van der Waals surface area (Å²) >= 11 is 3.41. The van der Waals surface area contributed by atoms with Gasteiger partial charge < -0.3 is 11.1 Å². The summed E-state index contributed by atoms with van der Waals surface area (Å²) < 4.78 is 1.07. The predicted molar refractivity (Wildman–Crippen MR) is 83.5 cm³/mol. The van der Waals surface area contributed by atoms with E-state index >= 15 is 0 Å². The molecule has 3 nitrogen and oxygen atoms in total. The lowest BCUT2D eigenvalue weighted by Crippen LogP contribution is -2.60. The third-order valence-electron chi connectivity index (χ3n) is 3.53. The van der Waals surface area contributed by atoms with Crippen molar-refractivity contribution in [1.29, 1.82) is 0 Å². The molecule has 19 heavy (non-hydrogen) atoms. The van der Waals surface area contributed by atoms with Crippen molar-refractivity contribution in [2.24, 2.45) is 5.73 Å². The van der Waals surface area contributed by atoms with E-state index in [4.69, 9.17) is 5.73 Å². The van der Waals surface area contributed by atoms with Crippen molar-refractivity contribution in [1.82, 2.24) is 5.32 Å². The Hall–Kier alpha value is -0.580. The van der Waals surface area contributed by atoms with Gasteiger partial charge in [0, 0.05) is 10.5 Å². The highest BCUT2D eigenvalue weighted by Gasteiger charge is 2.40. The van der Waals surface area contributed by atoms with Crippen LogP contribution in [0.2, 0.25) is 0 Å². The summed E-state index contributed by atoms with van der Waals surface area (Å²) in [5, 5.41) is 3.01. The smallest absolute Gasteiger partial charge is 0.240 e. The highest BCUT2D eigenvalue weighted by Crippen LogP contribution is 2.29. The van der Waals surface area contributed by atoms with Crippen molar-refractivity contribution >= 4 is 34.2 Å². The molecule has 1 fully saturated rings. The maximum atomic E-state index is 12.0. The van der Waals surface area contributed by atoms with Crippen molar-refractivity contribution in [2.45, 2.75) is 44.2 Å². The average molecular weight is 348 g/mol. The van der Waals surface area contributed by atoms with Crippen molar-refractivity contribution < 1.29 is 4.79 Å². The van der Waals surface area contributed by atoms with Crippen LogP contribution >= 0.6 is 28.3 Å². The molecule has 1 unspecified atom stereocenters. The zero-order chi connectivity index (χ0) is 13.2. The standard InChI is InChI=1S/C14H19BrN2O.ClH/c1-10(9-11-3-5-12(15)6-4-11)17-13(18)14(16)7-2-8-14;/h3-6,10H,2,7-9,16H2,1H3,(H,17,18);1H. The van der Waals surface area contributed by atoms with Gasteiger partial charge in [0.15, 0.2) is 0 Å². The second-order valence-electron chi connectivity index (χ2n) is 5.21. The fourth-order valence-electron chi connectivity index (χ4n) is 2.18. The molecule has 0 bridgehead atoms. The zero-order valence-electron chi connectivity index (χ0n) is 11.0. The van der Waals surface area contributed by atoms with Gasteiger partial charge in [-0.2, -0.15) is 0 Å². The second-order valence-corrected chi connectivity index (χ2v) is 6.13. The van der Waals surface area contributed by atoms with E-state index in [1.54, 1.807) is 0 Å². The van der Waals surface area contributed by atoms with Crippen LogP contribution in [0, 0.1) is 0 Å². The highest BCUT2D eigenvalue weighted by atomic mass is 79.9. The molecule has 0 aliphatic heterocycles. The summed E-state index contributed by atoms with van der Waals surface area (Å²) in [7, 11) is 0. The third kappa shape index (κ3) is 4.20. The van der Waals surface area contributed by atoms with Crippen LogP contribution in [-0.4, -0.2) is 17.5 Å². The number of carbonyl (C=O) groups is 1. The maximum Gasteiger partial charge on any atom is 0.240 e. The molecule has 0 aromatic heterocycles. The minimum absolute atomic E-state index is 0. The minimum atomic E-state index is -0.603. The fourth-order valence-corrected chi connectivity index (χ4v) is 2.44. The van der Waals surface area contributed by atoms with Gasteiger partial charge in [-0.25, -0.2) is 0 Å².